The van der Waals surface area contributed by atoms with Crippen molar-refractivity contribution in [2.24, 2.45) is 0 Å². The average Bonchev–Trinajstić information content (AvgIpc) is 3.28. The van der Waals surface area contributed by atoms with E-state index < -0.39 is 11.2 Å². The molecule has 9 heteroatoms. The summed E-state index contributed by atoms with van der Waals surface area (Å²) in [4.78, 5) is 42.2. The number of benzene rings is 1. The number of nitrogens with one attached hydrogen (secondary N) is 1. The Labute approximate surface area is 186 Å². The highest BCUT2D eigenvalue weighted by atomic mass is 16.2. The zero-order chi connectivity index (χ0) is 23.1. The fourth-order valence-electron chi connectivity index (χ4n) is 3.52. The summed E-state index contributed by atoms with van der Waals surface area (Å²) in [6, 6.07) is 9.43. The lowest BCUT2D eigenvalue weighted by Gasteiger charge is -2.24. The predicted octanol–water partition coefficient (Wildman–Crippen LogP) is 2.94. The number of aromatic nitrogens is 4. The van der Waals surface area contributed by atoms with Gasteiger partial charge in [-0.05, 0) is 25.0 Å². The van der Waals surface area contributed by atoms with Gasteiger partial charge in [0.25, 0.3) is 11.5 Å². The quantitative estimate of drug-likeness (QED) is 0.472. The van der Waals surface area contributed by atoms with E-state index in [0.717, 1.165) is 31.4 Å². The van der Waals surface area contributed by atoms with Crippen LogP contribution in [0.15, 0.2) is 52.3 Å². The molecule has 0 saturated heterocycles. The van der Waals surface area contributed by atoms with Gasteiger partial charge >= 0.3 is 5.69 Å². The van der Waals surface area contributed by atoms with Crippen molar-refractivity contribution in [2.45, 2.75) is 52.5 Å². The number of nitrogens with two attached hydrogens (primary N) is 1. The van der Waals surface area contributed by atoms with Gasteiger partial charge in [-0.3, -0.25) is 19.1 Å². The normalized spacial score (nSPS) is 10.9. The number of carbonyl (C=O) groups excluding carboxylic acids is 1. The summed E-state index contributed by atoms with van der Waals surface area (Å²) in [7, 11) is 0. The van der Waals surface area contributed by atoms with E-state index >= 15 is 0 Å². The van der Waals surface area contributed by atoms with Crippen molar-refractivity contribution >= 4 is 17.4 Å². The number of hydrogen-bond acceptors (Lipinski definition) is 5. The molecule has 0 saturated carbocycles. The van der Waals surface area contributed by atoms with Crippen LogP contribution in [0.25, 0.3) is 5.69 Å². The number of carbonyl (C=O) groups is 1. The van der Waals surface area contributed by atoms with Crippen molar-refractivity contribution < 1.29 is 4.79 Å². The van der Waals surface area contributed by atoms with Gasteiger partial charge in [-0.25, -0.2) is 9.48 Å². The van der Waals surface area contributed by atoms with Gasteiger partial charge in [-0.1, -0.05) is 51.3 Å². The third kappa shape index (κ3) is 4.99. The van der Waals surface area contributed by atoms with E-state index in [2.05, 4.69) is 17.0 Å². The number of H-pyrrole nitrogens is 1. The minimum Gasteiger partial charge on any atom is -0.383 e. The van der Waals surface area contributed by atoms with Crippen LogP contribution in [0.4, 0.5) is 11.5 Å². The Bertz CT molecular complexity index is 1160. The summed E-state index contributed by atoms with van der Waals surface area (Å²) >= 11 is 0. The minimum atomic E-state index is -0.666. The van der Waals surface area contributed by atoms with Crippen molar-refractivity contribution in [1.29, 1.82) is 0 Å². The Kier molecular flexibility index (Phi) is 7.64. The van der Waals surface area contributed by atoms with Gasteiger partial charge in [-0.2, -0.15) is 5.10 Å². The van der Waals surface area contributed by atoms with E-state index in [1.54, 1.807) is 10.9 Å². The Morgan fingerprint density at radius 3 is 2.50 bits per heavy atom. The van der Waals surface area contributed by atoms with Crippen molar-refractivity contribution in [2.75, 3.05) is 17.2 Å². The Morgan fingerprint density at radius 1 is 1.09 bits per heavy atom. The van der Waals surface area contributed by atoms with Crippen LogP contribution < -0.4 is 21.9 Å². The number of rotatable bonds is 10. The first-order valence-corrected chi connectivity index (χ1v) is 11.0. The first-order chi connectivity index (χ1) is 15.5. The van der Waals surface area contributed by atoms with Crippen LogP contribution in [-0.4, -0.2) is 31.8 Å². The molecular formula is C23H30N6O3. The molecule has 0 atom stereocenters. The number of anilines is 2. The number of para-hydroxylation sites is 1. The molecule has 32 heavy (non-hydrogen) atoms. The van der Waals surface area contributed by atoms with E-state index in [1.807, 2.05) is 37.3 Å². The van der Waals surface area contributed by atoms with Gasteiger partial charge in [0.15, 0.2) is 5.69 Å². The minimum absolute atomic E-state index is 0.00694. The van der Waals surface area contributed by atoms with Gasteiger partial charge in [0.1, 0.15) is 5.82 Å². The topological polar surface area (TPSA) is 119 Å². The molecule has 0 bridgehead atoms. The zero-order valence-corrected chi connectivity index (χ0v) is 18.6. The molecule has 1 aromatic carbocycles. The fourth-order valence-corrected chi connectivity index (χ4v) is 3.52. The van der Waals surface area contributed by atoms with Crippen molar-refractivity contribution in [1.82, 2.24) is 19.3 Å². The number of aromatic amines is 1. The second-order valence-corrected chi connectivity index (χ2v) is 7.67. The molecule has 0 spiro atoms. The first kappa shape index (κ1) is 23.1. The van der Waals surface area contributed by atoms with Crippen molar-refractivity contribution in [3.63, 3.8) is 0 Å². The lowest BCUT2D eigenvalue weighted by molar-refractivity contribution is 0.0986. The van der Waals surface area contributed by atoms with E-state index in [1.165, 1.54) is 15.7 Å². The smallest absolute Gasteiger partial charge is 0.330 e. The molecule has 0 aliphatic rings. The molecule has 1 amide bonds. The van der Waals surface area contributed by atoms with Crippen LogP contribution in [-0.2, 0) is 6.54 Å². The zero-order valence-electron chi connectivity index (χ0n) is 18.6. The molecule has 0 fully saturated rings. The van der Waals surface area contributed by atoms with Crippen LogP contribution in [0.5, 0.6) is 0 Å². The molecule has 3 rings (SSSR count). The van der Waals surface area contributed by atoms with E-state index in [-0.39, 0.29) is 17.4 Å². The summed E-state index contributed by atoms with van der Waals surface area (Å²) in [6.45, 7) is 4.73. The fraction of sp³-hybridized carbons (Fsp3) is 0.391. The molecule has 0 radical (unpaired) electrons. The summed E-state index contributed by atoms with van der Waals surface area (Å²) in [5.74, 6) is -0.381. The summed E-state index contributed by atoms with van der Waals surface area (Å²) in [5.41, 5.74) is 6.19. The molecule has 2 aromatic heterocycles. The molecular weight excluding hydrogens is 408 g/mol. The Morgan fingerprint density at radius 2 is 1.81 bits per heavy atom. The molecule has 3 N–H and O–H groups in total. The number of unbranched alkanes of at least 4 members (excludes halogenated alkanes) is 3. The van der Waals surface area contributed by atoms with Crippen LogP contribution >= 0.6 is 0 Å². The van der Waals surface area contributed by atoms with Crippen molar-refractivity contribution in [3.05, 3.63) is 69.1 Å². The highest BCUT2D eigenvalue weighted by molar-refractivity contribution is 6.07. The molecule has 2 heterocycles. The number of nitrogen functional groups attached to an aromatic ring is 1. The Hall–Kier alpha value is -3.62. The standard InChI is InChI=1S/C23H30N6O3/c1-3-5-10-14-27(19-20(24)28(13-6-4-2)23(32)26-21(19)30)22(31)17-15-25-29(16-17)18-11-8-7-9-12-18/h7-9,11-12,15-16H,3-6,10,13-14,24H2,1-2H3,(H,26,30,32). The average molecular weight is 439 g/mol. The third-order valence-corrected chi connectivity index (χ3v) is 5.30. The van der Waals surface area contributed by atoms with Gasteiger partial charge in [0, 0.05) is 19.3 Å². The number of nitrogens with zero attached hydrogens (tertiary/aromatic N) is 4. The predicted molar refractivity (Wildman–Crippen MR) is 125 cm³/mol. The van der Waals surface area contributed by atoms with Gasteiger partial charge < -0.3 is 10.6 Å². The largest absolute Gasteiger partial charge is 0.383 e. The number of amides is 1. The maximum Gasteiger partial charge on any atom is 0.330 e. The molecule has 3 aromatic rings. The van der Waals surface area contributed by atoms with Gasteiger partial charge in [0.05, 0.1) is 17.4 Å². The van der Waals surface area contributed by atoms with Crippen LogP contribution in [0.3, 0.4) is 0 Å². The first-order valence-electron chi connectivity index (χ1n) is 11.0. The maximum absolute atomic E-state index is 13.5. The monoisotopic (exact) mass is 438 g/mol. The molecule has 0 unspecified atom stereocenters. The third-order valence-electron chi connectivity index (χ3n) is 5.30. The highest BCUT2D eigenvalue weighted by Crippen LogP contribution is 2.21. The van der Waals surface area contributed by atoms with Crippen LogP contribution in [0.1, 0.15) is 56.3 Å². The van der Waals surface area contributed by atoms with Gasteiger partial charge in [0.2, 0.25) is 0 Å². The lowest BCUT2D eigenvalue weighted by atomic mass is 10.2. The maximum atomic E-state index is 13.5. The molecule has 0 aliphatic heterocycles. The van der Waals surface area contributed by atoms with Crippen LogP contribution in [0.2, 0.25) is 0 Å². The summed E-state index contributed by atoms with van der Waals surface area (Å²) in [5, 5.41) is 4.29. The van der Waals surface area contributed by atoms with Gasteiger partial charge in [-0.15, -0.1) is 0 Å². The number of hydrogen-bond donors (Lipinski definition) is 2. The lowest BCUT2D eigenvalue weighted by Crippen LogP contribution is -2.41. The molecule has 0 aliphatic carbocycles. The highest BCUT2D eigenvalue weighted by Gasteiger charge is 2.26. The second-order valence-electron chi connectivity index (χ2n) is 7.67. The molecule has 170 valence electrons. The molecule has 9 nitrogen and oxygen atoms in total. The SMILES string of the molecule is CCCCCN(C(=O)c1cnn(-c2ccccc2)c1)c1c(N)n(CCCC)c(=O)[nH]c1=O. The summed E-state index contributed by atoms with van der Waals surface area (Å²) < 4.78 is 2.93. The second kappa shape index (κ2) is 10.6. The van der Waals surface area contributed by atoms with E-state index in [4.69, 9.17) is 5.73 Å². The van der Waals surface area contributed by atoms with Crippen molar-refractivity contribution in [3.8, 4) is 5.69 Å². The van der Waals surface area contributed by atoms with E-state index in [9.17, 15) is 14.4 Å². The Balaban J connectivity index is 2.02. The summed E-state index contributed by atoms with van der Waals surface area (Å²) in [6.07, 6.45) is 7.22. The van der Waals surface area contributed by atoms with Crippen LogP contribution in [0, 0.1) is 0 Å². The van der Waals surface area contributed by atoms with E-state index in [0.29, 0.717) is 25.1 Å².